The Morgan fingerprint density at radius 1 is 1.33 bits per heavy atom. The van der Waals surface area contributed by atoms with E-state index in [4.69, 9.17) is 9.84 Å². The number of methoxy groups -OCH3 is 1. The zero-order valence-corrected chi connectivity index (χ0v) is 7.11. The first-order valence-electron chi connectivity index (χ1n) is 3.70. The molecule has 0 heterocycles. The Kier molecular flexibility index (Phi) is 2.55. The van der Waals surface area contributed by atoms with E-state index in [0.717, 1.165) is 0 Å². The van der Waals surface area contributed by atoms with Crippen molar-refractivity contribution in [1.29, 1.82) is 0 Å². The summed E-state index contributed by atoms with van der Waals surface area (Å²) >= 11 is 0. The highest BCUT2D eigenvalue weighted by Gasteiger charge is 2.09. The number of aromatic hydroxyl groups is 2. The van der Waals surface area contributed by atoms with Gasteiger partial charge in [-0.2, -0.15) is 0 Å². The Bertz CT molecular complexity index is 270. The van der Waals surface area contributed by atoms with Crippen LogP contribution < -0.4 is 0 Å². The van der Waals surface area contributed by atoms with E-state index in [1.165, 1.54) is 18.2 Å². The van der Waals surface area contributed by atoms with E-state index in [-0.39, 0.29) is 17.6 Å². The molecule has 66 valence electrons. The molecule has 3 nitrogen and oxygen atoms in total. The molecule has 1 atom stereocenters. The summed E-state index contributed by atoms with van der Waals surface area (Å²) in [6, 6.07) is 4.37. The van der Waals surface area contributed by atoms with E-state index < -0.39 is 0 Å². The first kappa shape index (κ1) is 8.87. The molecule has 0 aliphatic carbocycles. The van der Waals surface area contributed by atoms with Crippen LogP contribution in [-0.2, 0) is 4.74 Å². The third-order valence-electron chi connectivity index (χ3n) is 1.80. The maximum absolute atomic E-state index is 9.35. The lowest BCUT2D eigenvalue weighted by Gasteiger charge is -2.11. The third kappa shape index (κ3) is 1.68. The second-order valence-corrected chi connectivity index (χ2v) is 2.62. The van der Waals surface area contributed by atoms with E-state index in [2.05, 4.69) is 0 Å². The van der Waals surface area contributed by atoms with Gasteiger partial charge in [-0.05, 0) is 25.1 Å². The number of hydrogen-bond donors (Lipinski definition) is 2. The maximum atomic E-state index is 9.35. The maximum Gasteiger partial charge on any atom is 0.121 e. The normalized spacial score (nSPS) is 12.8. The van der Waals surface area contributed by atoms with Crippen LogP contribution in [-0.4, -0.2) is 17.3 Å². The van der Waals surface area contributed by atoms with E-state index >= 15 is 0 Å². The van der Waals surface area contributed by atoms with Gasteiger partial charge in [-0.25, -0.2) is 0 Å². The average Bonchev–Trinajstić information content (AvgIpc) is 2.08. The van der Waals surface area contributed by atoms with Gasteiger partial charge in [0.1, 0.15) is 11.5 Å². The van der Waals surface area contributed by atoms with Gasteiger partial charge in [0, 0.05) is 12.7 Å². The summed E-state index contributed by atoms with van der Waals surface area (Å²) in [6.07, 6.45) is -0.211. The molecule has 12 heavy (non-hydrogen) atoms. The number of phenolic OH excluding ortho intramolecular Hbond substituents is 2. The number of phenols is 2. The van der Waals surface area contributed by atoms with Crippen LogP contribution in [0.15, 0.2) is 18.2 Å². The quantitative estimate of drug-likeness (QED) is 0.662. The average molecular weight is 168 g/mol. The highest BCUT2D eigenvalue weighted by molar-refractivity contribution is 5.39. The monoisotopic (exact) mass is 168 g/mol. The topological polar surface area (TPSA) is 49.7 Å². The highest BCUT2D eigenvalue weighted by atomic mass is 16.5. The Labute approximate surface area is 71.2 Å². The fourth-order valence-electron chi connectivity index (χ4n) is 0.994. The van der Waals surface area contributed by atoms with Crippen LogP contribution >= 0.6 is 0 Å². The van der Waals surface area contributed by atoms with Gasteiger partial charge >= 0.3 is 0 Å². The summed E-state index contributed by atoms with van der Waals surface area (Å²) in [5.74, 6) is 0.272. The molecule has 1 unspecified atom stereocenters. The lowest BCUT2D eigenvalue weighted by Crippen LogP contribution is -1.95. The van der Waals surface area contributed by atoms with Crippen LogP contribution in [0.5, 0.6) is 11.5 Å². The van der Waals surface area contributed by atoms with E-state index in [0.29, 0.717) is 5.56 Å². The summed E-state index contributed by atoms with van der Waals surface area (Å²) in [6.45, 7) is 1.80. The zero-order valence-electron chi connectivity index (χ0n) is 7.11. The lowest BCUT2D eigenvalue weighted by atomic mass is 10.1. The molecule has 0 aliphatic heterocycles. The molecule has 0 aliphatic rings. The van der Waals surface area contributed by atoms with Crippen molar-refractivity contribution in [3.63, 3.8) is 0 Å². The zero-order chi connectivity index (χ0) is 9.14. The van der Waals surface area contributed by atoms with E-state index in [1.807, 2.05) is 0 Å². The minimum absolute atomic E-state index is 0.131. The molecule has 1 rings (SSSR count). The molecule has 0 spiro atoms. The molecule has 0 aromatic heterocycles. The summed E-state index contributed by atoms with van der Waals surface area (Å²) in [5.41, 5.74) is 0.595. The van der Waals surface area contributed by atoms with Crippen LogP contribution in [0.2, 0.25) is 0 Å². The molecule has 2 N–H and O–H groups in total. The summed E-state index contributed by atoms with van der Waals surface area (Å²) in [7, 11) is 1.55. The molecular weight excluding hydrogens is 156 g/mol. The van der Waals surface area contributed by atoms with Crippen LogP contribution in [0.4, 0.5) is 0 Å². The van der Waals surface area contributed by atoms with Crippen LogP contribution in [0.1, 0.15) is 18.6 Å². The van der Waals surface area contributed by atoms with Gasteiger partial charge in [-0.15, -0.1) is 0 Å². The van der Waals surface area contributed by atoms with Gasteiger partial charge in [0.15, 0.2) is 0 Å². The SMILES string of the molecule is COC(C)c1cc(O)ccc1O. The molecule has 1 aromatic carbocycles. The van der Waals surface area contributed by atoms with Gasteiger partial charge in [0.25, 0.3) is 0 Å². The smallest absolute Gasteiger partial charge is 0.121 e. The predicted molar refractivity (Wildman–Crippen MR) is 45.2 cm³/mol. The molecule has 0 bridgehead atoms. The highest BCUT2D eigenvalue weighted by Crippen LogP contribution is 2.28. The fourth-order valence-corrected chi connectivity index (χ4v) is 0.994. The fraction of sp³-hybridized carbons (Fsp3) is 0.333. The van der Waals surface area contributed by atoms with E-state index in [9.17, 15) is 5.11 Å². The van der Waals surface area contributed by atoms with Crippen LogP contribution in [0.25, 0.3) is 0 Å². The van der Waals surface area contributed by atoms with Gasteiger partial charge in [-0.3, -0.25) is 0 Å². The summed E-state index contributed by atoms with van der Waals surface area (Å²) in [4.78, 5) is 0. The largest absolute Gasteiger partial charge is 0.508 e. The third-order valence-corrected chi connectivity index (χ3v) is 1.80. The van der Waals surface area contributed by atoms with Crippen molar-refractivity contribution in [2.24, 2.45) is 0 Å². The van der Waals surface area contributed by atoms with Crippen LogP contribution in [0.3, 0.4) is 0 Å². The molecule has 0 amide bonds. The molecule has 1 aromatic rings. The second kappa shape index (κ2) is 3.45. The molecule has 3 heteroatoms. The molecular formula is C9H12O3. The van der Waals surface area contributed by atoms with Gasteiger partial charge in [-0.1, -0.05) is 0 Å². The Balaban J connectivity index is 3.04. The summed E-state index contributed by atoms with van der Waals surface area (Å²) < 4.78 is 5.00. The Hall–Kier alpha value is -1.22. The minimum Gasteiger partial charge on any atom is -0.508 e. The van der Waals surface area contributed by atoms with Crippen molar-refractivity contribution < 1.29 is 14.9 Å². The van der Waals surface area contributed by atoms with Crippen molar-refractivity contribution in [3.05, 3.63) is 23.8 Å². The predicted octanol–water partition coefficient (Wildman–Crippen LogP) is 1.81. The lowest BCUT2D eigenvalue weighted by molar-refractivity contribution is 0.117. The van der Waals surface area contributed by atoms with Gasteiger partial charge < -0.3 is 14.9 Å². The summed E-state index contributed by atoms with van der Waals surface area (Å²) in [5, 5.41) is 18.5. The molecule has 0 fully saturated rings. The van der Waals surface area contributed by atoms with Crippen LogP contribution in [0, 0.1) is 0 Å². The number of rotatable bonds is 2. The standard InChI is InChI=1S/C9H12O3/c1-6(12-2)8-5-7(10)3-4-9(8)11/h3-6,10-11H,1-2H3. The first-order chi connectivity index (χ1) is 5.65. The Morgan fingerprint density at radius 2 is 2.00 bits per heavy atom. The number of hydrogen-bond acceptors (Lipinski definition) is 3. The molecule has 0 saturated carbocycles. The van der Waals surface area contributed by atoms with Crippen molar-refractivity contribution in [3.8, 4) is 11.5 Å². The molecule has 0 radical (unpaired) electrons. The van der Waals surface area contributed by atoms with Crippen molar-refractivity contribution in [1.82, 2.24) is 0 Å². The van der Waals surface area contributed by atoms with Gasteiger partial charge in [0.2, 0.25) is 0 Å². The van der Waals surface area contributed by atoms with Crippen molar-refractivity contribution >= 4 is 0 Å². The van der Waals surface area contributed by atoms with Gasteiger partial charge in [0.05, 0.1) is 6.10 Å². The second-order valence-electron chi connectivity index (χ2n) is 2.62. The molecule has 0 saturated heterocycles. The van der Waals surface area contributed by atoms with Crippen molar-refractivity contribution in [2.75, 3.05) is 7.11 Å². The number of ether oxygens (including phenoxy) is 1. The van der Waals surface area contributed by atoms with Crippen molar-refractivity contribution in [2.45, 2.75) is 13.0 Å². The minimum atomic E-state index is -0.211. The number of benzene rings is 1. The Morgan fingerprint density at radius 3 is 2.58 bits per heavy atom. The van der Waals surface area contributed by atoms with E-state index in [1.54, 1.807) is 14.0 Å². The first-order valence-corrected chi connectivity index (χ1v) is 3.70.